The lowest BCUT2D eigenvalue weighted by molar-refractivity contribution is -0.144. The first-order valence-electron chi connectivity index (χ1n) is 7.44. The molecule has 0 aromatic heterocycles. The number of halogens is 5. The molecule has 5 nitrogen and oxygen atoms in total. The molecule has 0 aliphatic rings. The number of benzene rings is 2. The van der Waals surface area contributed by atoms with Crippen LogP contribution in [0, 0.1) is 0 Å². The summed E-state index contributed by atoms with van der Waals surface area (Å²) in [5.74, 6) is -1.12. The van der Waals surface area contributed by atoms with E-state index in [0.717, 1.165) is 24.3 Å². The summed E-state index contributed by atoms with van der Waals surface area (Å²) in [6, 6.07) is 9.66. The molecule has 0 saturated heterocycles. The number of methoxy groups -OCH3 is 1. The third-order valence-corrected chi connectivity index (χ3v) is 2.99. The number of hydrogen-bond donors (Lipinski definition) is 0. The molecule has 2 aromatic carbocycles. The van der Waals surface area contributed by atoms with Crippen molar-refractivity contribution in [3.63, 3.8) is 0 Å². The standard InChI is InChI=1S/C17H13F3O5.BF2/c1-23-12-6-8-14(9-7-12)25-16(22)10-15(21)24-13-4-2-11(3-5-13)17(18,19)20;2-1-3/h2-9H,10H2,1H3;. The predicted octanol–water partition coefficient (Wildman–Crippen LogP) is 4.07. The van der Waals surface area contributed by atoms with Crippen LogP contribution < -0.4 is 14.2 Å². The highest BCUT2D eigenvalue weighted by molar-refractivity contribution is 6.15. The van der Waals surface area contributed by atoms with Crippen LogP contribution in [0.25, 0.3) is 0 Å². The van der Waals surface area contributed by atoms with Gasteiger partial charge in [0, 0.05) is 0 Å². The van der Waals surface area contributed by atoms with Crippen LogP contribution in [0.2, 0.25) is 0 Å². The second kappa shape index (κ2) is 10.9. The van der Waals surface area contributed by atoms with E-state index < -0.39 is 37.9 Å². The van der Waals surface area contributed by atoms with Crippen LogP contribution in [0.3, 0.4) is 0 Å². The number of ether oxygens (including phenoxy) is 3. The highest BCUT2D eigenvalue weighted by Gasteiger charge is 2.30. The third-order valence-electron chi connectivity index (χ3n) is 2.99. The minimum absolute atomic E-state index is 0.102. The summed E-state index contributed by atoms with van der Waals surface area (Å²) in [5, 5.41) is 0. The van der Waals surface area contributed by atoms with Crippen molar-refractivity contribution in [1.82, 2.24) is 0 Å². The summed E-state index contributed by atoms with van der Waals surface area (Å²) >= 11 is 0. The van der Waals surface area contributed by atoms with Gasteiger partial charge in [0.1, 0.15) is 23.7 Å². The normalized spacial score (nSPS) is 10.2. The smallest absolute Gasteiger partial charge is 0.497 e. The van der Waals surface area contributed by atoms with Crippen LogP contribution in [0.15, 0.2) is 48.5 Å². The Morgan fingerprint density at radius 1 is 0.821 bits per heavy atom. The van der Waals surface area contributed by atoms with E-state index in [1.807, 2.05) is 0 Å². The van der Waals surface area contributed by atoms with E-state index in [1.54, 1.807) is 12.1 Å². The van der Waals surface area contributed by atoms with Crippen molar-refractivity contribution in [3.8, 4) is 17.2 Å². The van der Waals surface area contributed by atoms with Gasteiger partial charge in [-0.25, -0.2) is 0 Å². The van der Waals surface area contributed by atoms with Crippen molar-refractivity contribution < 1.29 is 45.6 Å². The van der Waals surface area contributed by atoms with Gasteiger partial charge < -0.3 is 14.2 Å². The average Bonchev–Trinajstić information content (AvgIpc) is 2.62. The number of esters is 2. The van der Waals surface area contributed by atoms with E-state index >= 15 is 0 Å². The van der Waals surface area contributed by atoms with E-state index in [4.69, 9.17) is 14.2 Å². The van der Waals surface area contributed by atoms with Gasteiger partial charge in [-0.2, -0.15) is 13.2 Å². The first kappa shape index (κ1) is 22.9. The maximum Gasteiger partial charge on any atom is 0.577 e. The van der Waals surface area contributed by atoms with Gasteiger partial charge >= 0.3 is 25.9 Å². The van der Waals surface area contributed by atoms with Crippen molar-refractivity contribution in [2.75, 3.05) is 7.11 Å². The molecule has 0 spiro atoms. The molecular weight excluding hydrogens is 390 g/mol. The van der Waals surface area contributed by atoms with Crippen molar-refractivity contribution in [3.05, 3.63) is 54.1 Å². The van der Waals surface area contributed by atoms with Crippen LogP contribution in [-0.2, 0) is 15.8 Å². The molecule has 2 aromatic rings. The van der Waals surface area contributed by atoms with Crippen LogP contribution in [0.1, 0.15) is 12.0 Å². The highest BCUT2D eigenvalue weighted by atomic mass is 19.4. The molecule has 0 saturated carbocycles. The molecule has 149 valence electrons. The Bertz CT molecular complexity index is 763. The Hall–Kier alpha value is -3.11. The zero-order chi connectivity index (χ0) is 21.2. The van der Waals surface area contributed by atoms with E-state index in [9.17, 15) is 31.4 Å². The first-order valence-corrected chi connectivity index (χ1v) is 7.44. The first-order chi connectivity index (χ1) is 13.2. The molecule has 0 bridgehead atoms. The molecule has 0 aliphatic carbocycles. The lowest BCUT2D eigenvalue weighted by Gasteiger charge is -2.08. The topological polar surface area (TPSA) is 61.8 Å². The molecule has 0 fully saturated rings. The Kier molecular flexibility index (Phi) is 8.93. The van der Waals surface area contributed by atoms with Gasteiger partial charge in [0.2, 0.25) is 0 Å². The number of carbonyl (C=O) groups excluding carboxylic acids is 2. The molecule has 28 heavy (non-hydrogen) atoms. The summed E-state index contributed by atoms with van der Waals surface area (Å²) in [4.78, 5) is 23.3. The van der Waals surface area contributed by atoms with Crippen molar-refractivity contribution in [2.24, 2.45) is 0 Å². The van der Waals surface area contributed by atoms with E-state index in [-0.39, 0.29) is 11.5 Å². The zero-order valence-electron chi connectivity index (χ0n) is 14.3. The van der Waals surface area contributed by atoms with E-state index in [1.165, 1.54) is 19.2 Å². The monoisotopic (exact) mass is 403 g/mol. The zero-order valence-corrected chi connectivity index (χ0v) is 14.3. The molecule has 1 radical (unpaired) electrons. The molecular formula is C17H13BF5O5. The maximum absolute atomic E-state index is 12.4. The van der Waals surface area contributed by atoms with E-state index in [0.29, 0.717) is 5.75 Å². The fourth-order valence-corrected chi connectivity index (χ4v) is 1.81. The second-order valence-electron chi connectivity index (χ2n) is 4.91. The third kappa shape index (κ3) is 8.06. The van der Waals surface area contributed by atoms with Gasteiger partial charge in [-0.3, -0.25) is 18.2 Å². The molecule has 0 aliphatic heterocycles. The molecule has 11 heteroatoms. The average molecular weight is 403 g/mol. The molecule has 0 amide bonds. The molecule has 0 N–H and O–H groups in total. The quantitative estimate of drug-likeness (QED) is 0.248. The Labute approximate surface area is 157 Å². The van der Waals surface area contributed by atoms with Crippen molar-refractivity contribution >= 4 is 19.8 Å². The number of hydrogen-bond acceptors (Lipinski definition) is 5. The van der Waals surface area contributed by atoms with Crippen molar-refractivity contribution in [1.29, 1.82) is 0 Å². The SMILES string of the molecule is COc1ccc(OC(=O)CC(=O)Oc2ccc(C(F)(F)F)cc2)cc1.F[B]F. The summed E-state index contributed by atoms with van der Waals surface area (Å²) in [6.45, 7) is 0. The number of carbonyl (C=O) groups is 2. The molecule has 2 rings (SSSR count). The number of alkyl halides is 3. The summed E-state index contributed by atoms with van der Waals surface area (Å²) < 4.78 is 71.0. The summed E-state index contributed by atoms with van der Waals surface area (Å²) in [5.41, 5.74) is -0.869. The second-order valence-corrected chi connectivity index (χ2v) is 4.91. The fraction of sp³-hybridized carbons (Fsp3) is 0.176. The van der Waals surface area contributed by atoms with Gasteiger partial charge in [0.15, 0.2) is 0 Å². The molecule has 0 atom stereocenters. The minimum atomic E-state index is -4.48. The fourth-order valence-electron chi connectivity index (χ4n) is 1.81. The lowest BCUT2D eigenvalue weighted by atomic mass is 10.2. The van der Waals surface area contributed by atoms with Gasteiger partial charge in [0.25, 0.3) is 0 Å². The van der Waals surface area contributed by atoms with Gasteiger partial charge in [-0.05, 0) is 48.5 Å². The van der Waals surface area contributed by atoms with Crippen LogP contribution >= 0.6 is 0 Å². The summed E-state index contributed by atoms with van der Waals surface area (Å²) in [6.07, 6.45) is -5.17. The minimum Gasteiger partial charge on any atom is -0.497 e. The van der Waals surface area contributed by atoms with Gasteiger partial charge in [-0.15, -0.1) is 0 Å². The Morgan fingerprint density at radius 2 is 1.18 bits per heavy atom. The molecule has 0 heterocycles. The maximum atomic E-state index is 12.4. The van der Waals surface area contributed by atoms with Crippen LogP contribution in [-0.4, -0.2) is 26.9 Å². The lowest BCUT2D eigenvalue weighted by Crippen LogP contribution is -2.18. The Balaban J connectivity index is 0.00000122. The Morgan fingerprint density at radius 3 is 1.54 bits per heavy atom. The van der Waals surface area contributed by atoms with Crippen molar-refractivity contribution in [2.45, 2.75) is 12.6 Å². The molecule has 0 unspecified atom stereocenters. The van der Waals surface area contributed by atoms with Gasteiger partial charge in [0.05, 0.1) is 12.7 Å². The van der Waals surface area contributed by atoms with Crippen LogP contribution in [0.5, 0.6) is 17.2 Å². The van der Waals surface area contributed by atoms with E-state index in [2.05, 4.69) is 0 Å². The van der Waals surface area contributed by atoms with Crippen LogP contribution in [0.4, 0.5) is 21.8 Å². The highest BCUT2D eigenvalue weighted by Crippen LogP contribution is 2.30. The largest absolute Gasteiger partial charge is 0.577 e. The summed E-state index contributed by atoms with van der Waals surface area (Å²) in [7, 11) is 0.484. The van der Waals surface area contributed by atoms with Gasteiger partial charge in [-0.1, -0.05) is 0 Å². The number of rotatable bonds is 5. The predicted molar refractivity (Wildman–Crippen MR) is 88.3 cm³/mol.